The predicted octanol–water partition coefficient (Wildman–Crippen LogP) is 1.82. The number of nitrogens with one attached hydrogen (secondary N) is 1. The van der Waals surface area contributed by atoms with Crippen molar-refractivity contribution < 1.29 is 14.7 Å². The van der Waals surface area contributed by atoms with E-state index in [9.17, 15) is 9.59 Å². The zero-order chi connectivity index (χ0) is 13.3. The van der Waals surface area contributed by atoms with Crippen LogP contribution in [0, 0.1) is 5.41 Å². The van der Waals surface area contributed by atoms with Crippen LogP contribution in [0.25, 0.3) is 0 Å². The van der Waals surface area contributed by atoms with E-state index in [1.165, 1.54) is 0 Å². The van der Waals surface area contributed by atoms with Crippen molar-refractivity contribution in [2.24, 2.45) is 11.1 Å². The molecule has 1 saturated carbocycles. The largest absolute Gasteiger partial charge is 0.481 e. The Hall–Kier alpha value is -1.56. The lowest BCUT2D eigenvalue weighted by Gasteiger charge is -2.13. The quantitative estimate of drug-likeness (QED) is 0.773. The summed E-state index contributed by atoms with van der Waals surface area (Å²) in [6.07, 6.45) is 1.41. The molecule has 1 aliphatic carbocycles. The number of primary amides is 1. The zero-order valence-electron chi connectivity index (χ0n) is 9.57. The van der Waals surface area contributed by atoms with E-state index in [4.69, 9.17) is 10.8 Å². The standard InChI is InChI=1S/C12H13BrN2O3/c13-9-5-7(1-2-8(9)10(14)16)15-6-12(3-4-12)11(17)18/h1-2,5,15H,3-4,6H2,(H2,14,16)(H,17,18). The van der Waals surface area contributed by atoms with E-state index in [-0.39, 0.29) is 0 Å². The average molecular weight is 313 g/mol. The molecule has 6 heteroatoms. The Morgan fingerprint density at radius 2 is 2.11 bits per heavy atom. The number of amides is 1. The van der Waals surface area contributed by atoms with Gasteiger partial charge < -0.3 is 16.2 Å². The summed E-state index contributed by atoms with van der Waals surface area (Å²) >= 11 is 3.26. The monoisotopic (exact) mass is 312 g/mol. The van der Waals surface area contributed by atoms with Crippen molar-refractivity contribution in [2.75, 3.05) is 11.9 Å². The van der Waals surface area contributed by atoms with Gasteiger partial charge in [0.2, 0.25) is 5.91 Å². The minimum Gasteiger partial charge on any atom is -0.481 e. The molecule has 0 aromatic heterocycles. The van der Waals surface area contributed by atoms with Crippen LogP contribution in [0.1, 0.15) is 23.2 Å². The summed E-state index contributed by atoms with van der Waals surface area (Å²) in [4.78, 5) is 22.0. The molecule has 96 valence electrons. The van der Waals surface area contributed by atoms with Crippen LogP contribution in [0.2, 0.25) is 0 Å². The van der Waals surface area contributed by atoms with Gasteiger partial charge in [-0.1, -0.05) is 0 Å². The fourth-order valence-corrected chi connectivity index (χ4v) is 2.29. The van der Waals surface area contributed by atoms with Gasteiger partial charge in [0, 0.05) is 16.7 Å². The van der Waals surface area contributed by atoms with Crippen molar-refractivity contribution in [3.63, 3.8) is 0 Å². The van der Waals surface area contributed by atoms with Crippen LogP contribution in [0.4, 0.5) is 5.69 Å². The van der Waals surface area contributed by atoms with Crippen LogP contribution in [0.5, 0.6) is 0 Å². The maximum atomic E-state index is 11.0. The van der Waals surface area contributed by atoms with E-state index in [0.717, 1.165) is 5.69 Å². The van der Waals surface area contributed by atoms with Crippen molar-refractivity contribution in [1.29, 1.82) is 0 Å². The van der Waals surface area contributed by atoms with Crippen LogP contribution in [-0.4, -0.2) is 23.5 Å². The maximum absolute atomic E-state index is 11.0. The summed E-state index contributed by atoms with van der Waals surface area (Å²) in [7, 11) is 0. The number of carboxylic acids is 1. The molecule has 5 nitrogen and oxygen atoms in total. The summed E-state index contributed by atoms with van der Waals surface area (Å²) in [5.74, 6) is -1.26. The van der Waals surface area contributed by atoms with E-state index >= 15 is 0 Å². The molecular weight excluding hydrogens is 300 g/mol. The zero-order valence-corrected chi connectivity index (χ0v) is 11.2. The minimum absolute atomic E-state index is 0.394. The van der Waals surface area contributed by atoms with Crippen LogP contribution >= 0.6 is 15.9 Å². The Balaban J connectivity index is 2.05. The van der Waals surface area contributed by atoms with E-state index in [0.29, 0.717) is 29.4 Å². The minimum atomic E-state index is -0.761. The van der Waals surface area contributed by atoms with Gasteiger partial charge in [-0.3, -0.25) is 9.59 Å². The fourth-order valence-electron chi connectivity index (χ4n) is 1.71. The second kappa shape index (κ2) is 4.61. The lowest BCUT2D eigenvalue weighted by atomic mass is 10.1. The third-order valence-electron chi connectivity index (χ3n) is 3.17. The molecule has 0 radical (unpaired) electrons. The molecule has 1 fully saturated rings. The number of carbonyl (C=O) groups is 2. The number of anilines is 1. The maximum Gasteiger partial charge on any atom is 0.311 e. The van der Waals surface area contributed by atoms with Gasteiger partial charge in [-0.2, -0.15) is 0 Å². The molecule has 1 aromatic carbocycles. The topological polar surface area (TPSA) is 92.4 Å². The summed E-state index contributed by atoms with van der Waals surface area (Å²) in [5.41, 5.74) is 5.74. The van der Waals surface area contributed by atoms with E-state index in [2.05, 4.69) is 21.2 Å². The van der Waals surface area contributed by atoms with Gasteiger partial charge in [-0.15, -0.1) is 0 Å². The summed E-state index contributed by atoms with van der Waals surface area (Å²) in [5, 5.41) is 12.1. The molecule has 0 unspecified atom stereocenters. The number of carbonyl (C=O) groups excluding carboxylic acids is 1. The molecule has 1 aromatic rings. The summed E-state index contributed by atoms with van der Waals surface area (Å²) in [6, 6.07) is 5.04. The third-order valence-corrected chi connectivity index (χ3v) is 3.83. The van der Waals surface area contributed by atoms with Crippen molar-refractivity contribution in [3.05, 3.63) is 28.2 Å². The first-order valence-corrected chi connectivity index (χ1v) is 6.30. The van der Waals surface area contributed by atoms with Crippen LogP contribution < -0.4 is 11.1 Å². The summed E-state index contributed by atoms with van der Waals surface area (Å²) in [6.45, 7) is 0.394. The normalized spacial score (nSPS) is 16.1. The Morgan fingerprint density at radius 3 is 2.56 bits per heavy atom. The molecule has 0 atom stereocenters. The SMILES string of the molecule is NC(=O)c1ccc(NCC2(C(=O)O)CC2)cc1Br. The van der Waals surface area contributed by atoms with Crippen LogP contribution in [-0.2, 0) is 4.79 Å². The highest BCUT2D eigenvalue weighted by Gasteiger charge is 2.49. The molecule has 18 heavy (non-hydrogen) atoms. The van der Waals surface area contributed by atoms with Gasteiger partial charge in [0.05, 0.1) is 11.0 Å². The Kier molecular flexibility index (Phi) is 3.30. The second-order valence-corrected chi connectivity index (χ2v) is 5.35. The number of carboxylic acid groups (broad SMARTS) is 1. The number of halogens is 1. The number of aliphatic carboxylic acids is 1. The van der Waals surface area contributed by atoms with E-state index in [1.807, 2.05) is 0 Å². The van der Waals surface area contributed by atoms with Gasteiger partial charge >= 0.3 is 5.97 Å². The Bertz CT molecular complexity index is 512. The van der Waals surface area contributed by atoms with Gasteiger partial charge in [-0.05, 0) is 47.0 Å². The van der Waals surface area contributed by atoms with Crippen molar-refractivity contribution in [3.8, 4) is 0 Å². The lowest BCUT2D eigenvalue weighted by molar-refractivity contribution is -0.142. The molecule has 2 rings (SSSR count). The van der Waals surface area contributed by atoms with Gasteiger partial charge in [0.15, 0.2) is 0 Å². The number of nitrogens with two attached hydrogens (primary N) is 1. The average Bonchev–Trinajstić information content (AvgIpc) is 3.07. The smallest absolute Gasteiger partial charge is 0.311 e. The first kappa shape index (κ1) is 12.9. The van der Waals surface area contributed by atoms with Crippen molar-refractivity contribution in [1.82, 2.24) is 0 Å². The molecule has 1 amide bonds. The van der Waals surface area contributed by atoms with Gasteiger partial charge in [-0.25, -0.2) is 0 Å². The molecule has 0 saturated heterocycles. The highest BCUT2D eigenvalue weighted by molar-refractivity contribution is 9.10. The third kappa shape index (κ3) is 2.48. The Labute approximate surface area is 112 Å². The van der Waals surface area contributed by atoms with Crippen LogP contribution in [0.3, 0.4) is 0 Å². The predicted molar refractivity (Wildman–Crippen MR) is 70.5 cm³/mol. The molecular formula is C12H13BrN2O3. The van der Waals surface area contributed by atoms with Crippen molar-refractivity contribution >= 4 is 33.5 Å². The lowest BCUT2D eigenvalue weighted by Crippen LogP contribution is -2.24. The fraction of sp³-hybridized carbons (Fsp3) is 0.333. The number of benzene rings is 1. The highest BCUT2D eigenvalue weighted by atomic mass is 79.9. The number of hydrogen-bond donors (Lipinski definition) is 3. The Morgan fingerprint density at radius 1 is 1.44 bits per heavy atom. The molecule has 1 aliphatic rings. The highest BCUT2D eigenvalue weighted by Crippen LogP contribution is 2.45. The second-order valence-electron chi connectivity index (χ2n) is 4.50. The first-order chi connectivity index (χ1) is 8.44. The first-order valence-electron chi connectivity index (χ1n) is 5.51. The van der Waals surface area contributed by atoms with Crippen LogP contribution in [0.15, 0.2) is 22.7 Å². The molecule has 0 bridgehead atoms. The molecule has 0 heterocycles. The van der Waals surface area contributed by atoms with Gasteiger partial charge in [0.1, 0.15) is 0 Å². The molecule has 4 N–H and O–H groups in total. The number of hydrogen-bond acceptors (Lipinski definition) is 3. The van der Waals surface area contributed by atoms with Gasteiger partial charge in [0.25, 0.3) is 0 Å². The molecule has 0 spiro atoms. The van der Waals surface area contributed by atoms with Crippen molar-refractivity contribution in [2.45, 2.75) is 12.8 Å². The summed E-state index contributed by atoms with van der Waals surface area (Å²) < 4.78 is 0.597. The van der Waals surface area contributed by atoms with E-state index in [1.54, 1.807) is 18.2 Å². The van der Waals surface area contributed by atoms with E-state index < -0.39 is 17.3 Å². The number of rotatable bonds is 5. The molecule has 0 aliphatic heterocycles.